The Kier molecular flexibility index (Phi) is 1.63. The molecule has 0 aliphatic carbocycles. The van der Waals surface area contributed by atoms with Crippen LogP contribution in [0, 0.1) is 24.1 Å². The van der Waals surface area contributed by atoms with Crippen LogP contribution in [-0.4, -0.2) is 4.98 Å². The van der Waals surface area contributed by atoms with E-state index in [1.807, 2.05) is 0 Å². The van der Waals surface area contributed by atoms with Crippen molar-refractivity contribution in [3.8, 4) is 6.07 Å². The number of aromatic nitrogens is 1. The van der Waals surface area contributed by atoms with E-state index in [-0.39, 0.29) is 5.56 Å². The largest absolute Gasteiger partial charge is 0.263 e. The van der Waals surface area contributed by atoms with Gasteiger partial charge in [-0.25, -0.2) is 4.39 Å². The molecule has 0 saturated heterocycles. The lowest BCUT2D eigenvalue weighted by Gasteiger charge is -1.93. The van der Waals surface area contributed by atoms with Gasteiger partial charge in [-0.15, -0.1) is 0 Å². The monoisotopic (exact) mass is 136 g/mol. The summed E-state index contributed by atoms with van der Waals surface area (Å²) >= 11 is 0. The van der Waals surface area contributed by atoms with Gasteiger partial charge < -0.3 is 0 Å². The Balaban J connectivity index is 3.31. The molecule has 3 heteroatoms. The summed E-state index contributed by atoms with van der Waals surface area (Å²) in [5.74, 6) is -0.475. The highest BCUT2D eigenvalue weighted by atomic mass is 19.1. The summed E-state index contributed by atoms with van der Waals surface area (Å²) in [7, 11) is 0. The van der Waals surface area contributed by atoms with Crippen molar-refractivity contribution in [1.29, 1.82) is 5.26 Å². The van der Waals surface area contributed by atoms with E-state index in [2.05, 4.69) is 4.98 Å². The fourth-order valence-electron chi connectivity index (χ4n) is 0.627. The zero-order valence-corrected chi connectivity index (χ0v) is 5.43. The van der Waals surface area contributed by atoms with E-state index < -0.39 is 5.82 Å². The number of hydrogen-bond donors (Lipinski definition) is 0. The lowest BCUT2D eigenvalue weighted by molar-refractivity contribution is 0.612. The van der Waals surface area contributed by atoms with Crippen LogP contribution < -0.4 is 0 Å². The van der Waals surface area contributed by atoms with Crippen molar-refractivity contribution in [3.05, 3.63) is 29.3 Å². The maximum absolute atomic E-state index is 12.7. The molecule has 0 amide bonds. The van der Waals surface area contributed by atoms with Crippen molar-refractivity contribution < 1.29 is 4.39 Å². The molecule has 2 nitrogen and oxygen atoms in total. The van der Waals surface area contributed by atoms with Crippen molar-refractivity contribution in [2.24, 2.45) is 0 Å². The average Bonchev–Trinajstić information content (AvgIpc) is 1.95. The van der Waals surface area contributed by atoms with Gasteiger partial charge in [-0.1, -0.05) is 0 Å². The molecule has 10 heavy (non-hydrogen) atoms. The molecule has 1 heterocycles. The molecule has 50 valence electrons. The second-order valence-electron chi connectivity index (χ2n) is 1.93. The number of nitriles is 1. The fourth-order valence-corrected chi connectivity index (χ4v) is 0.627. The number of aryl methyl sites for hydroxylation is 1. The molecule has 0 aliphatic heterocycles. The van der Waals surface area contributed by atoms with Crippen LogP contribution >= 0.6 is 0 Å². The van der Waals surface area contributed by atoms with Gasteiger partial charge >= 0.3 is 0 Å². The van der Waals surface area contributed by atoms with Gasteiger partial charge in [0.05, 0.1) is 0 Å². The second-order valence-corrected chi connectivity index (χ2v) is 1.93. The number of hydrogen-bond acceptors (Lipinski definition) is 2. The van der Waals surface area contributed by atoms with Crippen LogP contribution in [0.3, 0.4) is 0 Å². The predicted molar refractivity (Wildman–Crippen MR) is 33.6 cm³/mol. The van der Waals surface area contributed by atoms with Crippen molar-refractivity contribution in [3.63, 3.8) is 0 Å². The predicted octanol–water partition coefficient (Wildman–Crippen LogP) is 1.40. The van der Waals surface area contributed by atoms with E-state index in [1.54, 1.807) is 13.0 Å². The Hall–Kier alpha value is -1.43. The summed E-state index contributed by atoms with van der Waals surface area (Å²) in [6, 6.07) is 1.70. The number of nitrogens with zero attached hydrogens (tertiary/aromatic N) is 2. The third kappa shape index (κ3) is 0.960. The molecule has 0 aromatic carbocycles. The first-order valence-electron chi connectivity index (χ1n) is 2.76. The highest BCUT2D eigenvalue weighted by molar-refractivity contribution is 5.30. The van der Waals surface area contributed by atoms with Gasteiger partial charge in [0.25, 0.3) is 0 Å². The van der Waals surface area contributed by atoms with E-state index in [4.69, 9.17) is 5.26 Å². The van der Waals surface area contributed by atoms with Gasteiger partial charge in [-0.3, -0.25) is 4.98 Å². The zero-order chi connectivity index (χ0) is 7.56. The molecule has 0 saturated carbocycles. The Bertz CT molecular complexity index is 288. The third-order valence-electron chi connectivity index (χ3n) is 1.17. The Labute approximate surface area is 57.9 Å². The van der Waals surface area contributed by atoms with E-state index in [1.165, 1.54) is 12.4 Å². The molecule has 0 radical (unpaired) electrons. The minimum atomic E-state index is -0.475. The topological polar surface area (TPSA) is 36.7 Å². The van der Waals surface area contributed by atoms with Gasteiger partial charge in [-0.2, -0.15) is 5.26 Å². The molecule has 0 unspecified atom stereocenters. The molecule has 0 N–H and O–H groups in total. The van der Waals surface area contributed by atoms with E-state index in [0.29, 0.717) is 5.56 Å². The van der Waals surface area contributed by atoms with Gasteiger partial charge in [0, 0.05) is 18.0 Å². The normalized spacial score (nSPS) is 8.90. The van der Waals surface area contributed by atoms with Crippen molar-refractivity contribution >= 4 is 0 Å². The lowest BCUT2D eigenvalue weighted by atomic mass is 10.2. The van der Waals surface area contributed by atoms with Crippen LogP contribution in [0.2, 0.25) is 0 Å². The molecule has 0 bridgehead atoms. The van der Waals surface area contributed by atoms with Gasteiger partial charge in [0.15, 0.2) is 0 Å². The van der Waals surface area contributed by atoms with E-state index in [9.17, 15) is 4.39 Å². The van der Waals surface area contributed by atoms with Crippen molar-refractivity contribution in [2.75, 3.05) is 0 Å². The summed E-state index contributed by atoms with van der Waals surface area (Å²) in [6.45, 7) is 1.57. The third-order valence-corrected chi connectivity index (χ3v) is 1.17. The van der Waals surface area contributed by atoms with Crippen LogP contribution in [0.4, 0.5) is 4.39 Å². The maximum Gasteiger partial charge on any atom is 0.146 e. The Morgan fingerprint density at radius 3 is 2.80 bits per heavy atom. The first kappa shape index (κ1) is 6.69. The Morgan fingerprint density at radius 1 is 1.60 bits per heavy atom. The molecule has 0 aliphatic rings. The minimum absolute atomic E-state index is 0.000000000000000222. The van der Waals surface area contributed by atoms with Crippen LogP contribution in [0.5, 0.6) is 0 Å². The zero-order valence-electron chi connectivity index (χ0n) is 5.43. The summed E-state index contributed by atoms with van der Waals surface area (Å²) < 4.78 is 12.7. The van der Waals surface area contributed by atoms with Crippen LogP contribution in [-0.2, 0) is 0 Å². The second kappa shape index (κ2) is 2.44. The molecule has 0 atom stereocenters. The van der Waals surface area contributed by atoms with Crippen LogP contribution in [0.1, 0.15) is 11.1 Å². The number of rotatable bonds is 0. The Morgan fingerprint density at radius 2 is 2.30 bits per heavy atom. The summed E-state index contributed by atoms with van der Waals surface area (Å²) in [6.07, 6.45) is 2.60. The van der Waals surface area contributed by atoms with Gasteiger partial charge in [0.2, 0.25) is 0 Å². The van der Waals surface area contributed by atoms with Crippen molar-refractivity contribution in [2.45, 2.75) is 6.92 Å². The first-order chi connectivity index (χ1) is 4.75. The summed E-state index contributed by atoms with van der Waals surface area (Å²) in [5.41, 5.74) is 0.402. The highest BCUT2D eigenvalue weighted by Gasteiger charge is 2.02. The summed E-state index contributed by atoms with van der Waals surface area (Å²) in [5, 5.41) is 8.31. The fraction of sp³-hybridized carbons (Fsp3) is 0.143. The van der Waals surface area contributed by atoms with E-state index in [0.717, 1.165) is 0 Å². The molecule has 0 fully saturated rings. The number of halogens is 1. The quantitative estimate of drug-likeness (QED) is 0.540. The standard InChI is InChI=1S/C7H5FN2/c1-5-3-10-4-6(2-9)7(5)8/h3-4H,1H3. The van der Waals surface area contributed by atoms with Gasteiger partial charge in [0.1, 0.15) is 17.4 Å². The number of pyridine rings is 1. The molecular formula is C7H5FN2. The first-order valence-corrected chi connectivity index (χ1v) is 2.76. The van der Waals surface area contributed by atoms with Crippen LogP contribution in [0.15, 0.2) is 12.4 Å². The molecule has 1 aromatic heterocycles. The van der Waals surface area contributed by atoms with Gasteiger partial charge in [-0.05, 0) is 6.92 Å². The molecule has 1 rings (SSSR count). The molecule has 0 spiro atoms. The summed E-state index contributed by atoms with van der Waals surface area (Å²) in [4.78, 5) is 3.65. The van der Waals surface area contributed by atoms with Crippen molar-refractivity contribution in [1.82, 2.24) is 4.98 Å². The van der Waals surface area contributed by atoms with E-state index >= 15 is 0 Å². The average molecular weight is 136 g/mol. The minimum Gasteiger partial charge on any atom is -0.263 e. The lowest BCUT2D eigenvalue weighted by Crippen LogP contribution is -1.89. The molecule has 1 aromatic rings. The molecular weight excluding hydrogens is 131 g/mol. The SMILES string of the molecule is Cc1cncc(C#N)c1F. The smallest absolute Gasteiger partial charge is 0.146 e. The van der Waals surface area contributed by atoms with Crippen LogP contribution in [0.25, 0.3) is 0 Å². The maximum atomic E-state index is 12.7. The highest BCUT2D eigenvalue weighted by Crippen LogP contribution is 2.07.